The minimum Gasteiger partial charge on any atom is -0.494 e. The Balaban J connectivity index is 1.21. The van der Waals surface area contributed by atoms with E-state index in [9.17, 15) is 14.7 Å². The summed E-state index contributed by atoms with van der Waals surface area (Å²) in [4.78, 5) is 27.7. The van der Waals surface area contributed by atoms with Gasteiger partial charge in [0.25, 0.3) is 11.8 Å². The van der Waals surface area contributed by atoms with Crippen LogP contribution >= 0.6 is 11.8 Å². The molecule has 41 heavy (non-hydrogen) atoms. The second kappa shape index (κ2) is 13.3. The Labute approximate surface area is 248 Å². The number of aliphatic hydroxyl groups is 1. The maximum absolute atomic E-state index is 12.6. The first-order valence-electron chi connectivity index (χ1n) is 15.1. The number of unbranched alkanes of at least 4 members (excludes halogenated alkanes) is 3. The molecule has 2 aliphatic rings. The highest BCUT2D eigenvalue weighted by atomic mass is 32.2. The molecule has 2 aliphatic heterocycles. The van der Waals surface area contributed by atoms with Crippen molar-refractivity contribution in [1.29, 1.82) is 0 Å². The predicted octanol–water partition coefficient (Wildman–Crippen LogP) is 7.72. The summed E-state index contributed by atoms with van der Waals surface area (Å²) in [7, 11) is 0. The molecule has 2 amide bonds. The molecule has 1 unspecified atom stereocenters. The number of aliphatic hydroxyl groups excluding tert-OH is 1. The number of nitrogens with zero attached hydrogens (tertiary/aromatic N) is 1. The van der Waals surface area contributed by atoms with E-state index < -0.39 is 6.10 Å². The highest BCUT2D eigenvalue weighted by molar-refractivity contribution is 7.99. The summed E-state index contributed by atoms with van der Waals surface area (Å²) in [5.41, 5.74) is 3.20. The number of benzene rings is 3. The van der Waals surface area contributed by atoms with Crippen LogP contribution < -0.4 is 4.74 Å². The van der Waals surface area contributed by atoms with Crippen molar-refractivity contribution in [1.82, 2.24) is 4.90 Å². The van der Waals surface area contributed by atoms with Crippen LogP contribution in [-0.4, -0.2) is 46.8 Å². The Morgan fingerprint density at radius 3 is 2.29 bits per heavy atom. The normalized spacial score (nSPS) is 21.9. The number of fused-ring (bicyclic) bond motifs is 2. The Morgan fingerprint density at radius 2 is 1.61 bits per heavy atom. The Morgan fingerprint density at radius 1 is 0.902 bits per heavy atom. The van der Waals surface area contributed by atoms with E-state index in [0.717, 1.165) is 62.0 Å². The van der Waals surface area contributed by atoms with Gasteiger partial charge in [-0.1, -0.05) is 75.2 Å². The zero-order chi connectivity index (χ0) is 28.8. The molecular weight excluding hydrogens is 530 g/mol. The fourth-order valence-corrected chi connectivity index (χ4v) is 7.78. The summed E-state index contributed by atoms with van der Waals surface area (Å²) in [5, 5.41) is 12.0. The van der Waals surface area contributed by atoms with Crippen molar-refractivity contribution in [2.75, 3.05) is 18.9 Å². The lowest BCUT2D eigenvalue weighted by Gasteiger charge is -2.39. The molecule has 3 atom stereocenters. The van der Waals surface area contributed by atoms with Gasteiger partial charge in [-0.15, -0.1) is 11.8 Å². The van der Waals surface area contributed by atoms with Gasteiger partial charge in [0, 0.05) is 28.5 Å². The molecule has 216 valence electrons. The van der Waals surface area contributed by atoms with Crippen LogP contribution in [0.15, 0.2) is 77.7 Å². The average Bonchev–Trinajstić information content (AvgIpc) is 3.17. The molecule has 3 aromatic rings. The molecule has 0 aromatic heterocycles. The molecule has 6 heteroatoms. The van der Waals surface area contributed by atoms with Gasteiger partial charge < -0.3 is 9.84 Å². The Hall–Kier alpha value is -3.09. The fourth-order valence-electron chi connectivity index (χ4n) is 6.26. The molecule has 0 saturated carbocycles. The summed E-state index contributed by atoms with van der Waals surface area (Å²) in [6, 6.07) is 23.8. The number of rotatable bonds is 12. The number of hydrogen-bond donors (Lipinski definition) is 1. The van der Waals surface area contributed by atoms with Gasteiger partial charge in [0.05, 0.1) is 23.8 Å². The van der Waals surface area contributed by atoms with E-state index in [1.807, 2.05) is 23.9 Å². The Kier molecular flexibility index (Phi) is 9.51. The third-order valence-corrected chi connectivity index (χ3v) is 10.2. The third-order valence-electron chi connectivity index (χ3n) is 8.84. The minimum absolute atomic E-state index is 0.0748. The summed E-state index contributed by atoms with van der Waals surface area (Å²) in [5.74, 6) is 1.28. The Bertz CT molecular complexity index is 1320. The lowest BCUT2D eigenvalue weighted by Crippen LogP contribution is -2.40. The highest BCUT2D eigenvalue weighted by Gasteiger charge is 2.44. The van der Waals surface area contributed by atoms with E-state index in [-0.39, 0.29) is 23.1 Å². The number of carbonyl (C=O) groups excluding carboxylic acids is 2. The number of amides is 2. The molecule has 3 aromatic carbocycles. The van der Waals surface area contributed by atoms with Gasteiger partial charge in [-0.25, -0.2) is 0 Å². The maximum Gasteiger partial charge on any atom is 0.261 e. The smallest absolute Gasteiger partial charge is 0.261 e. The summed E-state index contributed by atoms with van der Waals surface area (Å²) in [6.45, 7) is 5.45. The molecule has 0 radical (unpaired) electrons. The molecule has 0 aliphatic carbocycles. The van der Waals surface area contributed by atoms with Gasteiger partial charge in [-0.05, 0) is 67.5 Å². The van der Waals surface area contributed by atoms with Crippen molar-refractivity contribution in [3.8, 4) is 5.75 Å². The molecule has 0 bridgehead atoms. The molecule has 5 rings (SSSR count). The van der Waals surface area contributed by atoms with Gasteiger partial charge in [0.1, 0.15) is 5.75 Å². The van der Waals surface area contributed by atoms with Gasteiger partial charge in [-0.2, -0.15) is 0 Å². The summed E-state index contributed by atoms with van der Waals surface area (Å²) < 4.78 is 6.17. The van der Waals surface area contributed by atoms with E-state index in [1.165, 1.54) is 15.4 Å². The van der Waals surface area contributed by atoms with E-state index in [2.05, 4.69) is 50.2 Å². The second-order valence-corrected chi connectivity index (χ2v) is 12.4. The SMILES string of the molecule is CCCC[C@@]1(CC)CSc2cc(OCCCCCN3C(=O)c4ccccc4C3=O)ccc2[C@@H](c2ccccc2)C1O. The molecule has 5 nitrogen and oxygen atoms in total. The van der Waals surface area contributed by atoms with E-state index >= 15 is 0 Å². The van der Waals surface area contributed by atoms with Crippen molar-refractivity contribution < 1.29 is 19.4 Å². The predicted molar refractivity (Wildman–Crippen MR) is 165 cm³/mol. The molecule has 0 fully saturated rings. The van der Waals surface area contributed by atoms with Crippen molar-refractivity contribution in [3.63, 3.8) is 0 Å². The monoisotopic (exact) mass is 571 g/mol. The first-order valence-corrected chi connectivity index (χ1v) is 16.1. The number of ether oxygens (including phenoxy) is 1. The van der Waals surface area contributed by atoms with Crippen LogP contribution in [0.4, 0.5) is 0 Å². The van der Waals surface area contributed by atoms with Crippen LogP contribution in [0.5, 0.6) is 5.75 Å². The van der Waals surface area contributed by atoms with E-state index in [0.29, 0.717) is 24.3 Å². The number of thioether (sulfide) groups is 1. The van der Waals surface area contributed by atoms with Crippen LogP contribution in [0.25, 0.3) is 0 Å². The fraction of sp³-hybridized carbons (Fsp3) is 0.429. The topological polar surface area (TPSA) is 66.8 Å². The number of hydrogen-bond acceptors (Lipinski definition) is 5. The van der Waals surface area contributed by atoms with E-state index in [1.54, 1.807) is 24.3 Å². The molecular formula is C35H41NO4S. The lowest BCUT2D eigenvalue weighted by molar-refractivity contribution is 0.0182. The van der Waals surface area contributed by atoms with Gasteiger partial charge in [0.15, 0.2) is 0 Å². The van der Waals surface area contributed by atoms with Crippen LogP contribution in [0.2, 0.25) is 0 Å². The first-order chi connectivity index (χ1) is 20.0. The highest BCUT2D eigenvalue weighted by Crippen LogP contribution is 2.51. The van der Waals surface area contributed by atoms with Crippen LogP contribution in [0, 0.1) is 5.41 Å². The average molecular weight is 572 g/mol. The minimum atomic E-state index is -0.455. The molecule has 0 spiro atoms. The lowest BCUT2D eigenvalue weighted by atomic mass is 9.69. The van der Waals surface area contributed by atoms with Crippen LogP contribution in [0.3, 0.4) is 0 Å². The third kappa shape index (κ3) is 6.09. The maximum atomic E-state index is 12.6. The first kappa shape index (κ1) is 29.4. The summed E-state index contributed by atoms with van der Waals surface area (Å²) >= 11 is 1.86. The number of carbonyl (C=O) groups is 2. The van der Waals surface area contributed by atoms with Crippen LogP contribution in [0.1, 0.15) is 96.6 Å². The van der Waals surface area contributed by atoms with Gasteiger partial charge in [0.2, 0.25) is 0 Å². The zero-order valence-corrected chi connectivity index (χ0v) is 25.0. The van der Waals surface area contributed by atoms with Crippen LogP contribution in [-0.2, 0) is 0 Å². The zero-order valence-electron chi connectivity index (χ0n) is 24.2. The quantitative estimate of drug-likeness (QED) is 0.178. The molecule has 2 heterocycles. The van der Waals surface area contributed by atoms with Crippen molar-refractivity contribution in [2.24, 2.45) is 5.41 Å². The van der Waals surface area contributed by atoms with Crippen molar-refractivity contribution in [2.45, 2.75) is 75.7 Å². The number of imide groups is 1. The van der Waals surface area contributed by atoms with Crippen molar-refractivity contribution in [3.05, 3.63) is 95.1 Å². The van der Waals surface area contributed by atoms with E-state index in [4.69, 9.17) is 4.74 Å². The molecule has 1 N–H and O–H groups in total. The largest absolute Gasteiger partial charge is 0.494 e. The van der Waals surface area contributed by atoms with Gasteiger partial charge >= 0.3 is 0 Å². The van der Waals surface area contributed by atoms with Gasteiger partial charge in [-0.3, -0.25) is 14.5 Å². The summed E-state index contributed by atoms with van der Waals surface area (Å²) in [6.07, 6.45) is 6.22. The molecule has 0 saturated heterocycles. The standard InChI is InChI=1S/C35H41NO4S/c1-3-5-20-35(4-2)24-41-30-23-26(18-19-29(30)31(32(35)37)25-14-8-6-9-15-25)40-22-13-7-12-21-36-33(38)27-16-10-11-17-28(27)34(36)39/h6,8-11,14-19,23,31-32,37H,3-5,7,12-13,20-22,24H2,1-2H3/t31-,32?,35+/m1/s1. The second-order valence-electron chi connectivity index (χ2n) is 11.4. The van der Waals surface area contributed by atoms with Crippen molar-refractivity contribution >= 4 is 23.6 Å².